The number of benzene rings is 1. The molecular formula is C27H33N7O2. The van der Waals surface area contributed by atoms with Gasteiger partial charge in [0.15, 0.2) is 5.78 Å². The molecule has 0 radical (unpaired) electrons. The summed E-state index contributed by atoms with van der Waals surface area (Å²) in [5, 5.41) is 0.853. The van der Waals surface area contributed by atoms with Crippen LogP contribution in [0.15, 0.2) is 42.7 Å². The molecule has 4 N–H and O–H groups in total. The van der Waals surface area contributed by atoms with Gasteiger partial charge in [-0.25, -0.2) is 4.98 Å². The molecule has 9 heteroatoms. The fourth-order valence-electron chi connectivity index (χ4n) is 5.29. The van der Waals surface area contributed by atoms with Gasteiger partial charge in [-0.05, 0) is 36.6 Å². The van der Waals surface area contributed by atoms with Gasteiger partial charge in [-0.2, -0.15) is 0 Å². The minimum absolute atomic E-state index is 0.0822. The summed E-state index contributed by atoms with van der Waals surface area (Å²) in [6.45, 7) is 5.59. The number of piperidine rings is 1. The van der Waals surface area contributed by atoms with E-state index in [1.54, 1.807) is 23.4 Å². The second-order valence-corrected chi connectivity index (χ2v) is 10.2. The molecule has 0 bridgehead atoms. The first kappa shape index (κ1) is 24.0. The Morgan fingerprint density at radius 1 is 1.14 bits per heavy atom. The largest absolute Gasteiger partial charge is 0.397 e. The maximum absolute atomic E-state index is 13.4. The van der Waals surface area contributed by atoms with Gasteiger partial charge in [0.25, 0.3) is 0 Å². The molecule has 0 unspecified atom stereocenters. The minimum Gasteiger partial charge on any atom is -0.397 e. The molecule has 2 aliphatic rings. The Labute approximate surface area is 211 Å². The van der Waals surface area contributed by atoms with Gasteiger partial charge in [-0.1, -0.05) is 13.0 Å². The molecule has 0 aliphatic carbocycles. The highest BCUT2D eigenvalue weighted by molar-refractivity contribution is 6.03. The van der Waals surface area contributed by atoms with Gasteiger partial charge < -0.3 is 26.2 Å². The van der Waals surface area contributed by atoms with Crippen LogP contribution in [0.3, 0.4) is 0 Å². The quantitative estimate of drug-likeness (QED) is 0.525. The van der Waals surface area contributed by atoms with Crippen molar-refractivity contribution < 1.29 is 9.59 Å². The molecule has 2 saturated heterocycles. The van der Waals surface area contributed by atoms with Crippen molar-refractivity contribution in [2.45, 2.75) is 25.8 Å². The fraction of sp³-hybridized carbons (Fsp3) is 0.407. The Kier molecular flexibility index (Phi) is 6.49. The Hall–Kier alpha value is -3.72. The predicted octanol–water partition coefficient (Wildman–Crippen LogP) is 2.09. The third-order valence-corrected chi connectivity index (χ3v) is 7.18. The lowest BCUT2D eigenvalue weighted by Crippen LogP contribution is -2.48. The molecule has 3 aromatic rings. The lowest BCUT2D eigenvalue weighted by Gasteiger charge is -2.37. The van der Waals surface area contributed by atoms with Gasteiger partial charge in [0.1, 0.15) is 5.69 Å². The zero-order valence-electron chi connectivity index (χ0n) is 20.9. The Bertz CT molecular complexity index is 1300. The molecule has 4 heterocycles. The van der Waals surface area contributed by atoms with Crippen LogP contribution in [0.2, 0.25) is 0 Å². The average molecular weight is 488 g/mol. The van der Waals surface area contributed by atoms with Crippen molar-refractivity contribution >= 4 is 39.7 Å². The van der Waals surface area contributed by atoms with Crippen LogP contribution in [0.1, 0.15) is 29.4 Å². The number of nitrogens with two attached hydrogens (primary N) is 2. The zero-order chi connectivity index (χ0) is 25.4. The molecule has 9 nitrogen and oxygen atoms in total. The number of fused-ring (bicyclic) bond motifs is 1. The molecule has 0 spiro atoms. The van der Waals surface area contributed by atoms with Crippen molar-refractivity contribution in [3.63, 3.8) is 0 Å². The van der Waals surface area contributed by atoms with Crippen molar-refractivity contribution in [2.24, 2.45) is 11.7 Å². The van der Waals surface area contributed by atoms with E-state index in [0.29, 0.717) is 30.2 Å². The van der Waals surface area contributed by atoms with E-state index >= 15 is 0 Å². The summed E-state index contributed by atoms with van der Waals surface area (Å²) in [6.07, 6.45) is 4.65. The minimum atomic E-state index is -0.154. The van der Waals surface area contributed by atoms with Crippen LogP contribution in [-0.4, -0.2) is 72.4 Å². The summed E-state index contributed by atoms with van der Waals surface area (Å²) in [7, 11) is 1.82. The molecule has 1 amide bonds. The van der Waals surface area contributed by atoms with Gasteiger partial charge in [0.2, 0.25) is 5.91 Å². The van der Waals surface area contributed by atoms with E-state index in [9.17, 15) is 9.59 Å². The topological polar surface area (TPSA) is 122 Å². The van der Waals surface area contributed by atoms with Crippen molar-refractivity contribution in [1.29, 1.82) is 0 Å². The number of likely N-dealkylation sites (N-methyl/N-ethyl adjacent to an activating group) is 1. The Balaban J connectivity index is 1.41. The highest BCUT2D eigenvalue weighted by Gasteiger charge is 2.25. The van der Waals surface area contributed by atoms with E-state index in [-0.39, 0.29) is 29.8 Å². The van der Waals surface area contributed by atoms with E-state index in [4.69, 9.17) is 11.5 Å². The number of piperazine rings is 1. The zero-order valence-corrected chi connectivity index (χ0v) is 20.9. The maximum atomic E-state index is 13.4. The summed E-state index contributed by atoms with van der Waals surface area (Å²) in [6, 6.07) is 9.68. The molecule has 188 valence electrons. The maximum Gasteiger partial charge on any atom is 0.241 e. The first-order valence-corrected chi connectivity index (χ1v) is 12.4. The molecular weight excluding hydrogens is 454 g/mol. The van der Waals surface area contributed by atoms with Crippen LogP contribution >= 0.6 is 0 Å². The first-order chi connectivity index (χ1) is 17.3. The SMILES string of the molecule is C[C@@H]1C[C@H](N)CN(c2ccncc2CC(=O)c2nc3cc(N4CCN(C)C(=O)C4)ccc3cc2N)C1. The molecule has 2 fully saturated rings. The standard InChI is InChI=1S/C27H33N7O2/c1-17-9-20(28)15-34(14-17)24-5-6-30-13-19(24)11-25(35)27-22(29)10-18-3-4-21(12-23(18)31-27)33-8-7-32(2)26(36)16-33/h3-6,10,12-13,17,20H,7-9,11,14-16,28-29H2,1-2H3/t17-,20+/m1/s1. The van der Waals surface area contributed by atoms with Gasteiger partial charge >= 0.3 is 0 Å². The number of amides is 1. The second-order valence-electron chi connectivity index (χ2n) is 10.2. The van der Waals surface area contributed by atoms with Crippen LogP contribution in [0, 0.1) is 5.92 Å². The van der Waals surface area contributed by atoms with Crippen LogP contribution < -0.4 is 21.3 Å². The van der Waals surface area contributed by atoms with E-state index in [0.717, 1.165) is 48.4 Å². The second kappa shape index (κ2) is 9.73. The van der Waals surface area contributed by atoms with E-state index in [2.05, 4.69) is 21.8 Å². The monoisotopic (exact) mass is 487 g/mol. The number of anilines is 3. The van der Waals surface area contributed by atoms with Crippen LogP contribution in [0.4, 0.5) is 17.1 Å². The van der Waals surface area contributed by atoms with E-state index < -0.39 is 0 Å². The molecule has 2 aliphatic heterocycles. The molecule has 0 saturated carbocycles. The molecule has 2 atom stereocenters. The Morgan fingerprint density at radius 2 is 1.97 bits per heavy atom. The summed E-state index contributed by atoms with van der Waals surface area (Å²) in [4.78, 5) is 40.6. The highest BCUT2D eigenvalue weighted by atomic mass is 16.2. The number of aromatic nitrogens is 2. The molecule has 36 heavy (non-hydrogen) atoms. The summed E-state index contributed by atoms with van der Waals surface area (Å²) in [5.74, 6) is 0.407. The number of hydrogen-bond donors (Lipinski definition) is 2. The number of nitrogens with zero attached hydrogens (tertiary/aromatic N) is 5. The van der Waals surface area contributed by atoms with Crippen LogP contribution in [0.25, 0.3) is 10.9 Å². The number of carbonyl (C=O) groups excluding carboxylic acids is 2. The summed E-state index contributed by atoms with van der Waals surface area (Å²) in [5.41, 5.74) is 16.6. The molecule has 5 rings (SSSR count). The predicted molar refractivity (Wildman–Crippen MR) is 142 cm³/mol. The average Bonchev–Trinajstić information content (AvgIpc) is 2.84. The van der Waals surface area contributed by atoms with Gasteiger partial charge in [-0.15, -0.1) is 0 Å². The fourth-order valence-corrected chi connectivity index (χ4v) is 5.29. The first-order valence-electron chi connectivity index (χ1n) is 12.4. The number of carbonyl (C=O) groups is 2. The molecule has 1 aromatic carbocycles. The number of ketones is 1. The van der Waals surface area contributed by atoms with E-state index in [1.165, 1.54) is 0 Å². The van der Waals surface area contributed by atoms with Gasteiger partial charge in [-0.3, -0.25) is 14.6 Å². The third-order valence-electron chi connectivity index (χ3n) is 7.18. The van der Waals surface area contributed by atoms with Crippen LogP contribution in [-0.2, 0) is 11.2 Å². The van der Waals surface area contributed by atoms with Crippen LogP contribution in [0.5, 0.6) is 0 Å². The number of rotatable bonds is 5. The van der Waals surface area contributed by atoms with Crippen molar-refractivity contribution in [3.8, 4) is 0 Å². The van der Waals surface area contributed by atoms with E-state index in [1.807, 2.05) is 36.2 Å². The number of pyridine rings is 2. The number of Topliss-reactive ketones (excluding diaryl/α,β-unsaturated/α-hetero) is 1. The lowest BCUT2D eigenvalue weighted by atomic mass is 9.95. The van der Waals surface area contributed by atoms with Gasteiger partial charge in [0, 0.05) is 80.4 Å². The number of hydrogen-bond acceptors (Lipinski definition) is 8. The summed E-state index contributed by atoms with van der Waals surface area (Å²) < 4.78 is 0. The molecule has 2 aromatic heterocycles. The Morgan fingerprint density at radius 3 is 2.75 bits per heavy atom. The highest BCUT2D eigenvalue weighted by Crippen LogP contribution is 2.29. The summed E-state index contributed by atoms with van der Waals surface area (Å²) >= 11 is 0. The van der Waals surface area contributed by atoms with Crippen molar-refractivity contribution in [2.75, 3.05) is 55.3 Å². The lowest BCUT2D eigenvalue weighted by molar-refractivity contribution is -0.129. The van der Waals surface area contributed by atoms with Crippen molar-refractivity contribution in [3.05, 3.63) is 54.0 Å². The normalized spacial score (nSPS) is 20.8. The smallest absolute Gasteiger partial charge is 0.241 e. The van der Waals surface area contributed by atoms with Crippen molar-refractivity contribution in [1.82, 2.24) is 14.9 Å². The third kappa shape index (κ3) is 4.83. The van der Waals surface area contributed by atoms with Gasteiger partial charge in [0.05, 0.1) is 17.7 Å². The number of nitrogen functional groups attached to an aromatic ring is 1.